The molecule has 0 saturated heterocycles. The molecular formula is C16H30N2O2. The molecule has 0 spiro atoms. The molecule has 0 radical (unpaired) electrons. The standard InChI is InChI=1S/C16H30N2O2/c19-16(18-14-8-3-1-4-9-14)17-12-7-13-20-15-10-5-2-6-11-15/h14-15H,1-13H2,(H2,17,18,19). The highest BCUT2D eigenvalue weighted by molar-refractivity contribution is 5.74. The molecule has 0 atom stereocenters. The Kier molecular flexibility index (Phi) is 7.20. The highest BCUT2D eigenvalue weighted by Crippen LogP contribution is 2.20. The van der Waals surface area contributed by atoms with Gasteiger partial charge in [0.05, 0.1) is 6.10 Å². The molecule has 4 nitrogen and oxygen atoms in total. The third kappa shape index (κ3) is 6.12. The van der Waals surface area contributed by atoms with Crippen LogP contribution in [0.1, 0.15) is 70.6 Å². The number of carbonyl (C=O) groups is 1. The van der Waals surface area contributed by atoms with Gasteiger partial charge in [0.1, 0.15) is 0 Å². The van der Waals surface area contributed by atoms with E-state index in [9.17, 15) is 4.79 Å². The molecule has 2 fully saturated rings. The lowest BCUT2D eigenvalue weighted by atomic mass is 9.96. The number of carbonyl (C=O) groups excluding carboxylic acids is 1. The molecule has 0 heterocycles. The lowest BCUT2D eigenvalue weighted by Crippen LogP contribution is -2.43. The van der Waals surface area contributed by atoms with E-state index in [1.807, 2.05) is 0 Å². The molecular weight excluding hydrogens is 252 g/mol. The molecule has 0 aliphatic heterocycles. The molecule has 116 valence electrons. The van der Waals surface area contributed by atoms with Crippen molar-refractivity contribution in [3.63, 3.8) is 0 Å². The largest absolute Gasteiger partial charge is 0.378 e. The van der Waals surface area contributed by atoms with Gasteiger partial charge in [-0.2, -0.15) is 0 Å². The third-order valence-electron chi connectivity index (χ3n) is 4.45. The van der Waals surface area contributed by atoms with Gasteiger partial charge in [-0.05, 0) is 32.1 Å². The van der Waals surface area contributed by atoms with Gasteiger partial charge < -0.3 is 15.4 Å². The van der Waals surface area contributed by atoms with Crippen molar-refractivity contribution in [2.75, 3.05) is 13.2 Å². The fraction of sp³-hybridized carbons (Fsp3) is 0.938. The number of nitrogens with one attached hydrogen (secondary N) is 2. The van der Waals surface area contributed by atoms with E-state index in [0.717, 1.165) is 25.9 Å². The average Bonchev–Trinajstić information content (AvgIpc) is 2.49. The van der Waals surface area contributed by atoms with Crippen LogP contribution in [0.5, 0.6) is 0 Å². The van der Waals surface area contributed by atoms with Crippen molar-refractivity contribution in [2.45, 2.75) is 82.8 Å². The zero-order chi connectivity index (χ0) is 14.0. The smallest absolute Gasteiger partial charge is 0.315 e. The Morgan fingerprint density at radius 1 is 0.950 bits per heavy atom. The average molecular weight is 282 g/mol. The Morgan fingerprint density at radius 3 is 2.30 bits per heavy atom. The van der Waals surface area contributed by atoms with Crippen molar-refractivity contribution >= 4 is 6.03 Å². The van der Waals surface area contributed by atoms with Crippen LogP contribution in [0.2, 0.25) is 0 Å². The Balaban J connectivity index is 1.44. The SMILES string of the molecule is O=C(NCCCOC1CCCCC1)NC1CCCCC1. The number of amides is 2. The molecule has 2 rings (SSSR count). The monoisotopic (exact) mass is 282 g/mol. The van der Waals surface area contributed by atoms with Gasteiger partial charge in [-0.15, -0.1) is 0 Å². The molecule has 2 aliphatic rings. The van der Waals surface area contributed by atoms with Crippen LogP contribution in [0.15, 0.2) is 0 Å². The van der Waals surface area contributed by atoms with E-state index in [-0.39, 0.29) is 6.03 Å². The molecule has 0 aromatic carbocycles. The molecule has 0 aromatic heterocycles. The van der Waals surface area contributed by atoms with Crippen molar-refractivity contribution < 1.29 is 9.53 Å². The zero-order valence-electron chi connectivity index (χ0n) is 12.7. The molecule has 4 heteroatoms. The van der Waals surface area contributed by atoms with Crippen molar-refractivity contribution in [3.05, 3.63) is 0 Å². The number of ether oxygens (including phenoxy) is 1. The molecule has 0 unspecified atom stereocenters. The second kappa shape index (κ2) is 9.22. The topological polar surface area (TPSA) is 50.4 Å². The number of urea groups is 1. The van der Waals surface area contributed by atoms with Crippen molar-refractivity contribution in [1.29, 1.82) is 0 Å². The minimum absolute atomic E-state index is 0.00503. The van der Waals surface area contributed by atoms with Gasteiger partial charge in [0.15, 0.2) is 0 Å². The van der Waals surface area contributed by atoms with E-state index >= 15 is 0 Å². The van der Waals surface area contributed by atoms with Gasteiger partial charge in [-0.3, -0.25) is 0 Å². The van der Waals surface area contributed by atoms with Gasteiger partial charge in [0, 0.05) is 19.2 Å². The summed E-state index contributed by atoms with van der Waals surface area (Å²) < 4.78 is 5.84. The molecule has 20 heavy (non-hydrogen) atoms. The molecule has 2 saturated carbocycles. The summed E-state index contributed by atoms with van der Waals surface area (Å²) in [4.78, 5) is 11.7. The fourth-order valence-electron chi connectivity index (χ4n) is 3.24. The number of hydrogen-bond donors (Lipinski definition) is 2. The van der Waals surface area contributed by atoms with E-state index < -0.39 is 0 Å². The first-order valence-electron chi connectivity index (χ1n) is 8.50. The second-order valence-electron chi connectivity index (χ2n) is 6.22. The second-order valence-corrected chi connectivity index (χ2v) is 6.22. The highest BCUT2D eigenvalue weighted by Gasteiger charge is 2.15. The lowest BCUT2D eigenvalue weighted by Gasteiger charge is -2.23. The summed E-state index contributed by atoms with van der Waals surface area (Å²) in [5.74, 6) is 0. The normalized spacial score (nSPS) is 21.6. The number of rotatable bonds is 6. The van der Waals surface area contributed by atoms with Gasteiger partial charge in [-0.1, -0.05) is 38.5 Å². The Bertz CT molecular complexity index is 272. The fourth-order valence-corrected chi connectivity index (χ4v) is 3.24. The maximum Gasteiger partial charge on any atom is 0.315 e. The number of hydrogen-bond acceptors (Lipinski definition) is 2. The first kappa shape index (κ1) is 15.6. The summed E-state index contributed by atoms with van der Waals surface area (Å²) in [6.45, 7) is 1.49. The van der Waals surface area contributed by atoms with Crippen LogP contribution >= 0.6 is 0 Å². The predicted octanol–water partition coefficient (Wildman–Crippen LogP) is 3.36. The highest BCUT2D eigenvalue weighted by atomic mass is 16.5. The molecule has 2 amide bonds. The summed E-state index contributed by atoms with van der Waals surface area (Å²) in [5, 5.41) is 6.01. The summed E-state index contributed by atoms with van der Waals surface area (Å²) >= 11 is 0. The van der Waals surface area contributed by atoms with Crippen LogP contribution in [0.4, 0.5) is 4.79 Å². The maximum atomic E-state index is 11.7. The van der Waals surface area contributed by atoms with Crippen molar-refractivity contribution in [3.8, 4) is 0 Å². The first-order chi connectivity index (χ1) is 9.84. The molecule has 0 aromatic rings. The molecule has 2 aliphatic carbocycles. The van der Waals surface area contributed by atoms with Crippen LogP contribution in [0.3, 0.4) is 0 Å². The predicted molar refractivity (Wildman–Crippen MR) is 80.8 cm³/mol. The van der Waals surface area contributed by atoms with Crippen LogP contribution in [-0.2, 0) is 4.74 Å². The van der Waals surface area contributed by atoms with Gasteiger partial charge in [-0.25, -0.2) is 4.79 Å². The van der Waals surface area contributed by atoms with E-state index in [0.29, 0.717) is 18.7 Å². The minimum atomic E-state index is -0.00503. The Morgan fingerprint density at radius 2 is 1.60 bits per heavy atom. The Labute approximate surface area is 123 Å². The summed E-state index contributed by atoms with van der Waals surface area (Å²) in [6, 6.07) is 0.386. The van der Waals surface area contributed by atoms with Crippen molar-refractivity contribution in [2.24, 2.45) is 0 Å². The molecule has 0 bridgehead atoms. The van der Waals surface area contributed by atoms with Crippen LogP contribution < -0.4 is 10.6 Å². The lowest BCUT2D eigenvalue weighted by molar-refractivity contribution is 0.0275. The Hall–Kier alpha value is -0.770. The first-order valence-corrected chi connectivity index (χ1v) is 8.50. The van der Waals surface area contributed by atoms with Crippen LogP contribution in [0.25, 0.3) is 0 Å². The van der Waals surface area contributed by atoms with Gasteiger partial charge in [0.2, 0.25) is 0 Å². The zero-order valence-corrected chi connectivity index (χ0v) is 12.7. The quantitative estimate of drug-likeness (QED) is 0.734. The minimum Gasteiger partial charge on any atom is -0.378 e. The maximum absolute atomic E-state index is 11.7. The van der Waals surface area contributed by atoms with Crippen molar-refractivity contribution in [1.82, 2.24) is 10.6 Å². The van der Waals surface area contributed by atoms with E-state index in [1.54, 1.807) is 0 Å². The summed E-state index contributed by atoms with van der Waals surface area (Å²) in [7, 11) is 0. The van der Waals surface area contributed by atoms with Gasteiger partial charge in [0.25, 0.3) is 0 Å². The van der Waals surface area contributed by atoms with E-state index in [2.05, 4.69) is 10.6 Å². The van der Waals surface area contributed by atoms with E-state index in [4.69, 9.17) is 4.74 Å². The summed E-state index contributed by atoms with van der Waals surface area (Å²) in [5.41, 5.74) is 0. The van der Waals surface area contributed by atoms with E-state index in [1.165, 1.54) is 51.4 Å². The molecule has 2 N–H and O–H groups in total. The van der Waals surface area contributed by atoms with Crippen LogP contribution in [-0.4, -0.2) is 31.3 Å². The summed E-state index contributed by atoms with van der Waals surface area (Å²) in [6.07, 6.45) is 13.9. The van der Waals surface area contributed by atoms with Crippen LogP contribution in [0, 0.1) is 0 Å². The van der Waals surface area contributed by atoms with Gasteiger partial charge >= 0.3 is 6.03 Å². The third-order valence-corrected chi connectivity index (χ3v) is 4.45.